The predicted molar refractivity (Wildman–Crippen MR) is 122 cm³/mol. The highest BCUT2D eigenvalue weighted by molar-refractivity contribution is 6.00. The molecule has 0 aromatic heterocycles. The zero-order chi connectivity index (χ0) is 22.4. The van der Waals surface area contributed by atoms with Crippen LogP contribution in [0, 0.1) is 0 Å². The SMILES string of the molecule is COc1ccccc1NC(=O)Nc1ccc(N2CCN(C(=O)OC(C)(C)C)CC2)cc1. The van der Waals surface area contributed by atoms with E-state index in [1.165, 1.54) is 0 Å². The fourth-order valence-electron chi connectivity index (χ4n) is 3.26. The Morgan fingerprint density at radius 2 is 1.55 bits per heavy atom. The van der Waals surface area contributed by atoms with Crippen LogP contribution in [-0.2, 0) is 4.74 Å². The number of urea groups is 1. The Hall–Kier alpha value is -3.42. The predicted octanol–water partition coefficient (Wildman–Crippen LogP) is 4.40. The van der Waals surface area contributed by atoms with Crippen LogP contribution < -0.4 is 20.3 Å². The minimum atomic E-state index is -0.491. The first-order valence-corrected chi connectivity index (χ1v) is 10.3. The van der Waals surface area contributed by atoms with Crippen molar-refractivity contribution in [2.45, 2.75) is 26.4 Å². The van der Waals surface area contributed by atoms with E-state index >= 15 is 0 Å². The van der Waals surface area contributed by atoms with E-state index in [4.69, 9.17) is 9.47 Å². The molecule has 2 N–H and O–H groups in total. The molecule has 0 atom stereocenters. The van der Waals surface area contributed by atoms with Crippen molar-refractivity contribution in [3.63, 3.8) is 0 Å². The standard InChI is InChI=1S/C23H30N4O4/c1-23(2,3)31-22(29)27-15-13-26(14-16-27)18-11-9-17(10-12-18)24-21(28)25-19-7-5-6-8-20(19)30-4/h5-12H,13-16H2,1-4H3,(H2,24,25,28). The molecule has 1 aliphatic rings. The summed E-state index contributed by atoms with van der Waals surface area (Å²) in [5.74, 6) is 0.596. The van der Waals surface area contributed by atoms with Gasteiger partial charge >= 0.3 is 12.1 Å². The molecule has 31 heavy (non-hydrogen) atoms. The number of ether oxygens (including phenoxy) is 2. The Morgan fingerprint density at radius 3 is 2.16 bits per heavy atom. The summed E-state index contributed by atoms with van der Waals surface area (Å²) in [5.41, 5.74) is 1.83. The minimum absolute atomic E-state index is 0.271. The van der Waals surface area contributed by atoms with Crippen LogP contribution in [0.5, 0.6) is 5.75 Å². The monoisotopic (exact) mass is 426 g/mol. The van der Waals surface area contributed by atoms with Gasteiger partial charge in [0.25, 0.3) is 0 Å². The van der Waals surface area contributed by atoms with Crippen molar-refractivity contribution < 1.29 is 19.1 Å². The number of anilines is 3. The van der Waals surface area contributed by atoms with Gasteiger partial charge in [-0.15, -0.1) is 0 Å². The molecule has 2 aromatic rings. The van der Waals surface area contributed by atoms with E-state index in [9.17, 15) is 9.59 Å². The number of piperazine rings is 1. The fourth-order valence-corrected chi connectivity index (χ4v) is 3.26. The largest absolute Gasteiger partial charge is 0.495 e. The summed E-state index contributed by atoms with van der Waals surface area (Å²) in [4.78, 5) is 28.4. The lowest BCUT2D eigenvalue weighted by atomic mass is 10.2. The van der Waals surface area contributed by atoms with Crippen LogP contribution in [0.15, 0.2) is 48.5 Å². The molecule has 0 aliphatic carbocycles. The molecule has 2 aromatic carbocycles. The summed E-state index contributed by atoms with van der Waals surface area (Å²) in [6, 6.07) is 14.5. The summed E-state index contributed by atoms with van der Waals surface area (Å²) in [6.07, 6.45) is -0.271. The van der Waals surface area contributed by atoms with Gasteiger partial charge in [0.2, 0.25) is 0 Å². The van der Waals surface area contributed by atoms with Gasteiger partial charge in [0, 0.05) is 37.6 Å². The average Bonchev–Trinajstić information content (AvgIpc) is 2.73. The van der Waals surface area contributed by atoms with Gasteiger partial charge in [0.15, 0.2) is 0 Å². The van der Waals surface area contributed by atoms with Crippen LogP contribution in [0.4, 0.5) is 26.7 Å². The second-order valence-corrected chi connectivity index (χ2v) is 8.28. The number of amides is 3. The maximum atomic E-state index is 12.3. The molecule has 166 valence electrons. The molecule has 1 fully saturated rings. The Bertz CT molecular complexity index is 901. The van der Waals surface area contributed by atoms with Gasteiger partial charge < -0.3 is 29.9 Å². The normalized spacial score (nSPS) is 14.1. The molecule has 8 heteroatoms. The first-order valence-electron chi connectivity index (χ1n) is 10.3. The molecule has 1 saturated heterocycles. The van der Waals surface area contributed by atoms with Crippen molar-refractivity contribution in [2.75, 3.05) is 48.8 Å². The van der Waals surface area contributed by atoms with Crippen molar-refractivity contribution in [2.24, 2.45) is 0 Å². The second kappa shape index (κ2) is 9.59. The highest BCUT2D eigenvalue weighted by Gasteiger charge is 2.25. The van der Waals surface area contributed by atoms with E-state index in [0.717, 1.165) is 18.8 Å². The number of nitrogens with one attached hydrogen (secondary N) is 2. The molecule has 8 nitrogen and oxygen atoms in total. The maximum absolute atomic E-state index is 12.3. The number of carbonyl (C=O) groups excluding carboxylic acids is 2. The molecular weight excluding hydrogens is 396 g/mol. The highest BCUT2D eigenvalue weighted by atomic mass is 16.6. The van der Waals surface area contributed by atoms with Crippen molar-refractivity contribution in [3.05, 3.63) is 48.5 Å². The van der Waals surface area contributed by atoms with Crippen LogP contribution >= 0.6 is 0 Å². The molecule has 3 amide bonds. The summed E-state index contributed by atoms with van der Waals surface area (Å²) < 4.78 is 10.7. The third-order valence-corrected chi connectivity index (χ3v) is 4.78. The Balaban J connectivity index is 1.51. The van der Waals surface area contributed by atoms with E-state index in [2.05, 4.69) is 15.5 Å². The number of nitrogens with zero attached hydrogens (tertiary/aromatic N) is 2. The smallest absolute Gasteiger partial charge is 0.410 e. The summed E-state index contributed by atoms with van der Waals surface area (Å²) in [7, 11) is 1.56. The Kier molecular flexibility index (Phi) is 6.89. The van der Waals surface area contributed by atoms with Crippen LogP contribution in [0.2, 0.25) is 0 Å². The number of rotatable bonds is 4. The molecular formula is C23H30N4O4. The summed E-state index contributed by atoms with van der Waals surface area (Å²) in [5, 5.41) is 5.61. The van der Waals surface area contributed by atoms with E-state index < -0.39 is 5.60 Å². The van der Waals surface area contributed by atoms with E-state index in [-0.39, 0.29) is 12.1 Å². The first kappa shape index (κ1) is 22.3. The third-order valence-electron chi connectivity index (χ3n) is 4.78. The molecule has 0 bridgehead atoms. The maximum Gasteiger partial charge on any atom is 0.410 e. The molecule has 3 rings (SSSR count). The summed E-state index contributed by atoms with van der Waals surface area (Å²) >= 11 is 0. The minimum Gasteiger partial charge on any atom is -0.495 e. The topological polar surface area (TPSA) is 83.1 Å². The van der Waals surface area contributed by atoms with E-state index in [1.54, 1.807) is 24.1 Å². The zero-order valence-corrected chi connectivity index (χ0v) is 18.5. The van der Waals surface area contributed by atoms with Crippen molar-refractivity contribution >= 4 is 29.2 Å². The van der Waals surface area contributed by atoms with Gasteiger partial charge in [-0.3, -0.25) is 0 Å². The number of benzene rings is 2. The molecule has 1 heterocycles. The van der Waals surface area contributed by atoms with E-state index in [1.807, 2.05) is 57.2 Å². The van der Waals surface area contributed by atoms with Crippen molar-refractivity contribution in [1.29, 1.82) is 0 Å². The Morgan fingerprint density at radius 1 is 0.903 bits per heavy atom. The molecule has 0 unspecified atom stereocenters. The molecule has 1 aliphatic heterocycles. The zero-order valence-electron chi connectivity index (χ0n) is 18.5. The Labute approximate surface area is 183 Å². The van der Waals surface area contributed by atoms with Crippen LogP contribution in [-0.4, -0.2) is 55.9 Å². The van der Waals surface area contributed by atoms with Crippen LogP contribution in [0.3, 0.4) is 0 Å². The lowest BCUT2D eigenvalue weighted by Crippen LogP contribution is -2.50. The number of carbonyl (C=O) groups is 2. The van der Waals surface area contributed by atoms with Crippen LogP contribution in [0.1, 0.15) is 20.8 Å². The molecule has 0 saturated carbocycles. The number of methoxy groups -OCH3 is 1. The quantitative estimate of drug-likeness (QED) is 0.757. The van der Waals surface area contributed by atoms with Crippen LogP contribution in [0.25, 0.3) is 0 Å². The summed E-state index contributed by atoms with van der Waals surface area (Å²) in [6.45, 7) is 8.27. The highest BCUT2D eigenvalue weighted by Crippen LogP contribution is 2.24. The third kappa shape index (κ3) is 6.28. The van der Waals surface area contributed by atoms with Gasteiger partial charge in [0.05, 0.1) is 12.8 Å². The van der Waals surface area contributed by atoms with Gasteiger partial charge in [-0.25, -0.2) is 9.59 Å². The number of para-hydroxylation sites is 2. The second-order valence-electron chi connectivity index (χ2n) is 8.28. The first-order chi connectivity index (χ1) is 14.7. The lowest BCUT2D eigenvalue weighted by Gasteiger charge is -2.36. The number of hydrogen-bond donors (Lipinski definition) is 2. The lowest BCUT2D eigenvalue weighted by molar-refractivity contribution is 0.0240. The van der Waals surface area contributed by atoms with Gasteiger partial charge in [-0.05, 0) is 57.2 Å². The van der Waals surface area contributed by atoms with Gasteiger partial charge in [0.1, 0.15) is 11.4 Å². The average molecular weight is 427 g/mol. The fraction of sp³-hybridized carbons (Fsp3) is 0.391. The van der Waals surface area contributed by atoms with E-state index in [0.29, 0.717) is 30.2 Å². The molecule has 0 radical (unpaired) electrons. The molecule has 0 spiro atoms. The van der Waals surface area contributed by atoms with Gasteiger partial charge in [-0.2, -0.15) is 0 Å². The number of hydrogen-bond acceptors (Lipinski definition) is 5. The van der Waals surface area contributed by atoms with Crippen molar-refractivity contribution in [3.8, 4) is 5.75 Å². The van der Waals surface area contributed by atoms with Crippen molar-refractivity contribution in [1.82, 2.24) is 4.90 Å². The van der Waals surface area contributed by atoms with Gasteiger partial charge in [-0.1, -0.05) is 12.1 Å².